The van der Waals surface area contributed by atoms with E-state index in [-0.39, 0.29) is 24.6 Å². The molecule has 0 aliphatic heterocycles. The molecule has 19 heavy (non-hydrogen) atoms. The van der Waals surface area contributed by atoms with Gasteiger partial charge in [-0.2, -0.15) is 0 Å². The smallest absolute Gasteiger partial charge is 0.320 e. The summed E-state index contributed by atoms with van der Waals surface area (Å²) >= 11 is 0. The Hall–Kier alpha value is -1.97. The molecule has 1 atom stereocenters. The van der Waals surface area contributed by atoms with Gasteiger partial charge >= 0.3 is 5.97 Å². The number of ketones is 2. The zero-order chi connectivity index (χ0) is 14.5. The van der Waals surface area contributed by atoms with E-state index in [1.165, 1.54) is 20.8 Å². The zero-order valence-corrected chi connectivity index (χ0v) is 11.4. The van der Waals surface area contributed by atoms with Crippen LogP contribution in [0.5, 0.6) is 0 Å². The lowest BCUT2D eigenvalue weighted by molar-refractivity contribution is -0.162. The van der Waals surface area contributed by atoms with Crippen LogP contribution in [0.25, 0.3) is 0 Å². The number of carbonyl (C=O) groups is 3. The Balaban J connectivity index is 2.73. The van der Waals surface area contributed by atoms with E-state index >= 15 is 0 Å². The van der Waals surface area contributed by atoms with E-state index in [0.717, 1.165) is 5.56 Å². The molecule has 0 spiro atoms. The molecule has 4 nitrogen and oxygen atoms in total. The fourth-order valence-electron chi connectivity index (χ4n) is 1.72. The number of Topliss-reactive ketones (excluding diaryl/α,β-unsaturated/α-hetero) is 2. The topological polar surface area (TPSA) is 60.4 Å². The van der Waals surface area contributed by atoms with Gasteiger partial charge in [-0.05, 0) is 26.3 Å². The Labute approximate surface area is 112 Å². The van der Waals surface area contributed by atoms with Crippen LogP contribution in [0, 0.1) is 5.41 Å². The molecule has 1 aromatic rings. The van der Waals surface area contributed by atoms with Crippen LogP contribution in [0.2, 0.25) is 0 Å². The van der Waals surface area contributed by atoms with Gasteiger partial charge in [-0.1, -0.05) is 30.3 Å². The normalized spacial score (nSPS) is 13.4. The van der Waals surface area contributed by atoms with Crippen LogP contribution in [-0.2, 0) is 25.7 Å². The maximum Gasteiger partial charge on any atom is 0.320 e. The van der Waals surface area contributed by atoms with E-state index in [1.54, 1.807) is 0 Å². The first-order valence-electron chi connectivity index (χ1n) is 6.08. The largest absolute Gasteiger partial charge is 0.460 e. The Bertz CT molecular complexity index is 478. The molecule has 102 valence electrons. The molecule has 4 heteroatoms. The first kappa shape index (κ1) is 15.1. The van der Waals surface area contributed by atoms with E-state index < -0.39 is 11.4 Å². The van der Waals surface area contributed by atoms with Gasteiger partial charge in [0.2, 0.25) is 0 Å². The standard InChI is InChI=1S/C15H18O4/c1-11(16)9-15(3,12(2)17)14(18)19-10-13-7-5-4-6-8-13/h4-8H,9-10H2,1-3H3. The highest BCUT2D eigenvalue weighted by molar-refractivity contribution is 6.05. The number of rotatable bonds is 6. The summed E-state index contributed by atoms with van der Waals surface area (Å²) in [5, 5.41) is 0. The highest BCUT2D eigenvalue weighted by Crippen LogP contribution is 2.25. The van der Waals surface area contributed by atoms with Crippen molar-refractivity contribution in [1.29, 1.82) is 0 Å². The molecule has 0 bridgehead atoms. The molecule has 0 saturated heterocycles. The summed E-state index contributed by atoms with van der Waals surface area (Å²) in [6.07, 6.45) is -0.129. The van der Waals surface area contributed by atoms with Crippen molar-refractivity contribution in [1.82, 2.24) is 0 Å². The Morgan fingerprint density at radius 3 is 2.16 bits per heavy atom. The van der Waals surface area contributed by atoms with Crippen molar-refractivity contribution in [2.45, 2.75) is 33.8 Å². The van der Waals surface area contributed by atoms with Gasteiger partial charge in [0.1, 0.15) is 23.6 Å². The van der Waals surface area contributed by atoms with Gasteiger partial charge in [0.15, 0.2) is 0 Å². The first-order valence-corrected chi connectivity index (χ1v) is 6.08. The number of carbonyl (C=O) groups excluding carboxylic acids is 3. The van der Waals surface area contributed by atoms with E-state index in [9.17, 15) is 14.4 Å². The summed E-state index contributed by atoms with van der Waals surface area (Å²) < 4.78 is 5.14. The molecule has 0 saturated carbocycles. The van der Waals surface area contributed by atoms with Crippen molar-refractivity contribution in [3.63, 3.8) is 0 Å². The van der Waals surface area contributed by atoms with Gasteiger partial charge in [0.05, 0.1) is 0 Å². The van der Waals surface area contributed by atoms with Crippen molar-refractivity contribution >= 4 is 17.5 Å². The van der Waals surface area contributed by atoms with Gasteiger partial charge in [-0.3, -0.25) is 14.4 Å². The molecule has 0 radical (unpaired) electrons. The summed E-state index contributed by atoms with van der Waals surface area (Å²) in [6.45, 7) is 4.20. The molecule has 1 unspecified atom stereocenters. The highest BCUT2D eigenvalue weighted by atomic mass is 16.5. The monoisotopic (exact) mass is 262 g/mol. The second-order valence-corrected chi connectivity index (χ2v) is 4.83. The number of hydrogen-bond donors (Lipinski definition) is 0. The molecule has 0 heterocycles. The minimum atomic E-state index is -1.39. The molecular weight excluding hydrogens is 244 g/mol. The van der Waals surface area contributed by atoms with Crippen LogP contribution in [0.1, 0.15) is 32.8 Å². The lowest BCUT2D eigenvalue weighted by Crippen LogP contribution is -2.38. The molecule has 0 amide bonds. The minimum Gasteiger partial charge on any atom is -0.460 e. The third-order valence-electron chi connectivity index (χ3n) is 3.04. The van der Waals surface area contributed by atoms with Crippen LogP contribution in [-0.4, -0.2) is 17.5 Å². The lowest BCUT2D eigenvalue weighted by atomic mass is 9.81. The second kappa shape index (κ2) is 6.27. The predicted molar refractivity (Wildman–Crippen MR) is 70.3 cm³/mol. The quantitative estimate of drug-likeness (QED) is 0.583. The summed E-state index contributed by atoms with van der Waals surface area (Å²) in [6, 6.07) is 9.18. The number of ether oxygens (including phenoxy) is 1. The van der Waals surface area contributed by atoms with Crippen LogP contribution in [0.4, 0.5) is 0 Å². The molecule has 0 aromatic heterocycles. The van der Waals surface area contributed by atoms with E-state index in [1.807, 2.05) is 30.3 Å². The van der Waals surface area contributed by atoms with Crippen molar-refractivity contribution in [2.24, 2.45) is 5.41 Å². The predicted octanol–water partition coefficient (Wildman–Crippen LogP) is 2.30. The number of hydrogen-bond acceptors (Lipinski definition) is 4. The van der Waals surface area contributed by atoms with Crippen LogP contribution in [0.15, 0.2) is 30.3 Å². The SMILES string of the molecule is CC(=O)CC(C)(C(C)=O)C(=O)OCc1ccccc1. The minimum absolute atomic E-state index is 0.0977. The third kappa shape index (κ3) is 4.02. The number of esters is 1. The average molecular weight is 262 g/mol. The first-order chi connectivity index (χ1) is 8.86. The van der Waals surface area contributed by atoms with E-state index in [2.05, 4.69) is 0 Å². The molecule has 0 N–H and O–H groups in total. The van der Waals surface area contributed by atoms with E-state index in [0.29, 0.717) is 0 Å². The van der Waals surface area contributed by atoms with Gasteiger partial charge < -0.3 is 4.74 Å². The van der Waals surface area contributed by atoms with Gasteiger partial charge in [-0.15, -0.1) is 0 Å². The molecule has 0 aliphatic carbocycles. The average Bonchev–Trinajstić information content (AvgIpc) is 2.36. The lowest BCUT2D eigenvalue weighted by Gasteiger charge is -2.23. The second-order valence-electron chi connectivity index (χ2n) is 4.83. The Morgan fingerprint density at radius 2 is 1.68 bits per heavy atom. The molecule has 0 aliphatic rings. The van der Waals surface area contributed by atoms with Gasteiger partial charge in [0, 0.05) is 6.42 Å². The fraction of sp³-hybridized carbons (Fsp3) is 0.400. The summed E-state index contributed by atoms with van der Waals surface area (Å²) in [7, 11) is 0. The fourth-order valence-corrected chi connectivity index (χ4v) is 1.72. The zero-order valence-electron chi connectivity index (χ0n) is 11.4. The molecule has 0 fully saturated rings. The van der Waals surface area contributed by atoms with Crippen molar-refractivity contribution in [3.05, 3.63) is 35.9 Å². The van der Waals surface area contributed by atoms with Crippen LogP contribution < -0.4 is 0 Å². The summed E-state index contributed by atoms with van der Waals surface area (Å²) in [5.74, 6) is -1.23. The van der Waals surface area contributed by atoms with Crippen molar-refractivity contribution in [2.75, 3.05) is 0 Å². The Kier molecular flexibility index (Phi) is 4.98. The van der Waals surface area contributed by atoms with Crippen LogP contribution in [0.3, 0.4) is 0 Å². The van der Waals surface area contributed by atoms with Crippen LogP contribution >= 0.6 is 0 Å². The Morgan fingerprint density at radius 1 is 1.11 bits per heavy atom. The molecule has 1 aromatic carbocycles. The van der Waals surface area contributed by atoms with Gasteiger partial charge in [-0.25, -0.2) is 0 Å². The van der Waals surface area contributed by atoms with Crippen molar-refractivity contribution in [3.8, 4) is 0 Å². The summed E-state index contributed by atoms with van der Waals surface area (Å²) in [4.78, 5) is 34.8. The molecular formula is C15H18O4. The van der Waals surface area contributed by atoms with Gasteiger partial charge in [0.25, 0.3) is 0 Å². The van der Waals surface area contributed by atoms with Crippen molar-refractivity contribution < 1.29 is 19.1 Å². The highest BCUT2D eigenvalue weighted by Gasteiger charge is 2.41. The maximum absolute atomic E-state index is 12.0. The maximum atomic E-state index is 12.0. The third-order valence-corrected chi connectivity index (χ3v) is 3.04. The number of benzene rings is 1. The summed E-state index contributed by atoms with van der Waals surface area (Å²) in [5.41, 5.74) is -0.551. The van der Waals surface area contributed by atoms with E-state index in [4.69, 9.17) is 4.74 Å². The molecule has 1 rings (SSSR count).